The van der Waals surface area contributed by atoms with E-state index in [1.54, 1.807) is 32.3 Å². The number of pyridine rings is 1. The molecule has 0 spiro atoms. The molecule has 23 heavy (non-hydrogen) atoms. The molecule has 2 heterocycles. The standard InChI is InChI=1S/C17H19N3O3/c1-11(21)12(7-18)4-5-13-8-19-16-15(13)6-14(9-20-16)23-10-17(2,3)22/h4,6,8-9,22H,5,10H2,1-3H3,(H,19,20)/b12-4+. The van der Waals surface area contributed by atoms with Crippen LogP contribution in [-0.2, 0) is 11.2 Å². The monoisotopic (exact) mass is 313 g/mol. The Morgan fingerprint density at radius 1 is 1.57 bits per heavy atom. The summed E-state index contributed by atoms with van der Waals surface area (Å²) in [6, 6.07) is 3.72. The van der Waals surface area contributed by atoms with Crippen LogP contribution in [0.4, 0.5) is 0 Å². The van der Waals surface area contributed by atoms with Crippen LogP contribution >= 0.6 is 0 Å². The number of hydrogen-bond donors (Lipinski definition) is 2. The molecule has 0 aliphatic carbocycles. The highest BCUT2D eigenvalue weighted by atomic mass is 16.5. The van der Waals surface area contributed by atoms with E-state index < -0.39 is 5.60 Å². The van der Waals surface area contributed by atoms with E-state index in [4.69, 9.17) is 10.00 Å². The first-order valence-corrected chi connectivity index (χ1v) is 7.22. The number of carbonyl (C=O) groups is 1. The van der Waals surface area contributed by atoms with Gasteiger partial charge in [-0.2, -0.15) is 5.26 Å². The van der Waals surface area contributed by atoms with Gasteiger partial charge in [0.15, 0.2) is 5.78 Å². The third-order valence-electron chi connectivity index (χ3n) is 3.21. The summed E-state index contributed by atoms with van der Waals surface area (Å²) in [5.41, 5.74) is 0.823. The Labute approximate surface area is 134 Å². The number of carbonyl (C=O) groups excluding carboxylic acids is 1. The summed E-state index contributed by atoms with van der Waals surface area (Å²) in [6.07, 6.45) is 5.43. The lowest BCUT2D eigenvalue weighted by molar-refractivity contribution is -0.113. The molecule has 2 aromatic heterocycles. The topological polar surface area (TPSA) is 99.0 Å². The van der Waals surface area contributed by atoms with Gasteiger partial charge in [-0.05, 0) is 38.8 Å². The van der Waals surface area contributed by atoms with Gasteiger partial charge in [0.05, 0.1) is 17.4 Å². The van der Waals surface area contributed by atoms with Crippen LogP contribution in [0, 0.1) is 11.3 Å². The van der Waals surface area contributed by atoms with Crippen molar-refractivity contribution in [2.24, 2.45) is 0 Å². The van der Waals surface area contributed by atoms with Crippen molar-refractivity contribution in [3.05, 3.63) is 35.7 Å². The molecule has 0 amide bonds. The predicted molar refractivity (Wildman–Crippen MR) is 86.0 cm³/mol. The van der Waals surface area contributed by atoms with Gasteiger partial charge in [-0.15, -0.1) is 0 Å². The average molecular weight is 313 g/mol. The zero-order chi connectivity index (χ0) is 17.0. The normalized spacial score (nSPS) is 12.2. The number of nitrogens with zero attached hydrogens (tertiary/aromatic N) is 2. The number of ketones is 1. The van der Waals surface area contributed by atoms with Gasteiger partial charge < -0.3 is 14.8 Å². The van der Waals surface area contributed by atoms with E-state index in [1.807, 2.05) is 12.1 Å². The Hall–Kier alpha value is -2.65. The Kier molecular flexibility index (Phi) is 4.82. The summed E-state index contributed by atoms with van der Waals surface area (Å²) >= 11 is 0. The molecule has 0 aromatic carbocycles. The fourth-order valence-electron chi connectivity index (χ4n) is 2.03. The predicted octanol–water partition coefficient (Wildman–Crippen LogP) is 2.29. The number of aliphatic hydroxyl groups is 1. The Bertz CT molecular complexity index is 791. The molecule has 0 aliphatic heterocycles. The fourth-order valence-corrected chi connectivity index (χ4v) is 2.03. The molecule has 0 unspecified atom stereocenters. The van der Waals surface area contributed by atoms with Crippen molar-refractivity contribution in [1.29, 1.82) is 5.26 Å². The van der Waals surface area contributed by atoms with Crippen molar-refractivity contribution in [2.75, 3.05) is 6.61 Å². The highest BCUT2D eigenvalue weighted by Crippen LogP contribution is 2.23. The van der Waals surface area contributed by atoms with Crippen molar-refractivity contribution in [3.63, 3.8) is 0 Å². The molecular formula is C17H19N3O3. The summed E-state index contributed by atoms with van der Waals surface area (Å²) < 4.78 is 5.54. The van der Waals surface area contributed by atoms with Crippen LogP contribution < -0.4 is 4.74 Å². The maximum atomic E-state index is 11.3. The second kappa shape index (κ2) is 6.63. The molecule has 120 valence electrons. The number of nitrogens with one attached hydrogen (secondary N) is 1. The Morgan fingerprint density at radius 3 is 2.91 bits per heavy atom. The van der Waals surface area contributed by atoms with E-state index in [-0.39, 0.29) is 18.0 Å². The summed E-state index contributed by atoms with van der Waals surface area (Å²) in [4.78, 5) is 18.6. The van der Waals surface area contributed by atoms with Gasteiger partial charge in [0.1, 0.15) is 24.1 Å². The van der Waals surface area contributed by atoms with Crippen LogP contribution in [0.5, 0.6) is 5.75 Å². The van der Waals surface area contributed by atoms with Gasteiger partial charge in [0, 0.05) is 11.6 Å². The SMILES string of the molecule is CC(=O)/C(C#N)=C/Cc1c[nH]c2ncc(OCC(C)(C)O)cc12. The highest BCUT2D eigenvalue weighted by molar-refractivity contribution is 5.97. The summed E-state index contributed by atoms with van der Waals surface area (Å²) in [7, 11) is 0. The highest BCUT2D eigenvalue weighted by Gasteiger charge is 2.14. The summed E-state index contributed by atoms with van der Waals surface area (Å²) in [5.74, 6) is 0.302. The number of fused-ring (bicyclic) bond motifs is 1. The van der Waals surface area contributed by atoms with E-state index in [1.165, 1.54) is 6.92 Å². The van der Waals surface area contributed by atoms with Crippen molar-refractivity contribution in [1.82, 2.24) is 9.97 Å². The third kappa shape index (κ3) is 4.41. The number of H-pyrrole nitrogens is 1. The minimum absolute atomic E-state index is 0.141. The molecule has 2 rings (SSSR count). The lowest BCUT2D eigenvalue weighted by atomic mass is 10.1. The number of allylic oxidation sites excluding steroid dienone is 2. The van der Waals surface area contributed by atoms with Crippen LogP contribution in [-0.4, -0.2) is 33.1 Å². The van der Waals surface area contributed by atoms with Gasteiger partial charge in [-0.25, -0.2) is 4.98 Å². The van der Waals surface area contributed by atoms with E-state index >= 15 is 0 Å². The minimum atomic E-state index is -0.929. The number of ether oxygens (including phenoxy) is 1. The van der Waals surface area contributed by atoms with Crippen molar-refractivity contribution >= 4 is 16.8 Å². The lowest BCUT2D eigenvalue weighted by Gasteiger charge is -2.17. The largest absolute Gasteiger partial charge is 0.489 e. The molecule has 0 saturated heterocycles. The number of nitriles is 1. The van der Waals surface area contributed by atoms with E-state index in [2.05, 4.69) is 9.97 Å². The molecule has 0 bridgehead atoms. The smallest absolute Gasteiger partial charge is 0.169 e. The first-order chi connectivity index (χ1) is 10.8. The molecule has 6 nitrogen and oxygen atoms in total. The number of aromatic nitrogens is 2. The maximum absolute atomic E-state index is 11.3. The summed E-state index contributed by atoms with van der Waals surface area (Å²) in [6.45, 7) is 4.85. The fraction of sp³-hybridized carbons (Fsp3) is 0.353. The zero-order valence-electron chi connectivity index (χ0n) is 13.4. The van der Waals surface area contributed by atoms with Crippen molar-refractivity contribution in [3.8, 4) is 11.8 Å². The van der Waals surface area contributed by atoms with E-state index in [0.717, 1.165) is 10.9 Å². The molecule has 0 saturated carbocycles. The molecular weight excluding hydrogens is 294 g/mol. The zero-order valence-corrected chi connectivity index (χ0v) is 13.4. The van der Waals surface area contributed by atoms with Crippen LogP contribution in [0.1, 0.15) is 26.3 Å². The second-order valence-corrected chi connectivity index (χ2v) is 5.97. The second-order valence-electron chi connectivity index (χ2n) is 5.97. The van der Waals surface area contributed by atoms with Crippen LogP contribution in [0.15, 0.2) is 30.1 Å². The number of rotatable bonds is 6. The maximum Gasteiger partial charge on any atom is 0.169 e. The quantitative estimate of drug-likeness (QED) is 0.629. The van der Waals surface area contributed by atoms with E-state index in [0.29, 0.717) is 17.8 Å². The van der Waals surface area contributed by atoms with Crippen LogP contribution in [0.25, 0.3) is 11.0 Å². The molecule has 0 radical (unpaired) electrons. The minimum Gasteiger partial charge on any atom is -0.489 e. The average Bonchev–Trinajstić information content (AvgIpc) is 2.87. The molecule has 0 aliphatic rings. The van der Waals surface area contributed by atoms with Crippen LogP contribution in [0.3, 0.4) is 0 Å². The van der Waals surface area contributed by atoms with Gasteiger partial charge in [0.2, 0.25) is 0 Å². The molecule has 0 atom stereocenters. The third-order valence-corrected chi connectivity index (χ3v) is 3.21. The van der Waals surface area contributed by atoms with Crippen molar-refractivity contribution < 1.29 is 14.6 Å². The Morgan fingerprint density at radius 2 is 2.30 bits per heavy atom. The molecule has 0 fully saturated rings. The van der Waals surface area contributed by atoms with Crippen molar-refractivity contribution in [2.45, 2.75) is 32.8 Å². The summed E-state index contributed by atoms with van der Waals surface area (Å²) in [5, 5.41) is 19.5. The molecule has 2 N–H and O–H groups in total. The number of aromatic amines is 1. The molecule has 2 aromatic rings. The van der Waals surface area contributed by atoms with Gasteiger partial charge in [-0.3, -0.25) is 4.79 Å². The lowest BCUT2D eigenvalue weighted by Crippen LogP contribution is -2.27. The Balaban J connectivity index is 2.25. The van der Waals surface area contributed by atoms with Gasteiger partial charge in [0.25, 0.3) is 0 Å². The first-order valence-electron chi connectivity index (χ1n) is 7.22. The number of hydrogen-bond acceptors (Lipinski definition) is 5. The number of Topliss-reactive ketones (excluding diaryl/α,β-unsaturated/α-hetero) is 1. The molecule has 6 heteroatoms. The van der Waals surface area contributed by atoms with Gasteiger partial charge in [-0.1, -0.05) is 6.08 Å². The van der Waals surface area contributed by atoms with Gasteiger partial charge >= 0.3 is 0 Å². The van der Waals surface area contributed by atoms with E-state index in [9.17, 15) is 9.90 Å². The van der Waals surface area contributed by atoms with Crippen LogP contribution in [0.2, 0.25) is 0 Å². The first kappa shape index (κ1) is 16.7.